The number of rotatable bonds is 4. The molecule has 1 aromatic heterocycles. The fourth-order valence-electron chi connectivity index (χ4n) is 3.77. The Labute approximate surface area is 157 Å². The predicted octanol–water partition coefficient (Wildman–Crippen LogP) is 2.53. The minimum absolute atomic E-state index is 0.0169. The first kappa shape index (κ1) is 17.2. The van der Waals surface area contributed by atoms with Crippen LogP contribution in [0.4, 0.5) is 5.69 Å². The van der Waals surface area contributed by atoms with E-state index in [4.69, 9.17) is 0 Å². The maximum Gasteiger partial charge on any atom is 0.261 e. The summed E-state index contributed by atoms with van der Waals surface area (Å²) in [7, 11) is 0. The first-order valence-electron chi connectivity index (χ1n) is 9.16. The second kappa shape index (κ2) is 7.60. The maximum atomic E-state index is 12.7. The van der Waals surface area contributed by atoms with Crippen molar-refractivity contribution in [2.24, 2.45) is 0 Å². The molecule has 1 fully saturated rings. The highest BCUT2D eigenvalue weighted by molar-refractivity contribution is 7.12. The van der Waals surface area contributed by atoms with E-state index < -0.39 is 0 Å². The molecule has 2 aliphatic heterocycles. The van der Waals surface area contributed by atoms with Crippen LogP contribution in [0.5, 0.6) is 0 Å². The Bertz CT molecular complexity index is 782. The van der Waals surface area contributed by atoms with Crippen LogP contribution >= 0.6 is 11.3 Å². The minimum atomic E-state index is 0.0169. The lowest BCUT2D eigenvalue weighted by atomic mass is 10.0. The third kappa shape index (κ3) is 3.66. The van der Waals surface area contributed by atoms with Crippen LogP contribution in [0.3, 0.4) is 0 Å². The second-order valence-electron chi connectivity index (χ2n) is 6.93. The summed E-state index contributed by atoms with van der Waals surface area (Å²) < 4.78 is 0. The van der Waals surface area contributed by atoms with Crippen molar-refractivity contribution in [2.75, 3.05) is 31.1 Å². The van der Waals surface area contributed by atoms with Gasteiger partial charge in [-0.25, -0.2) is 0 Å². The van der Waals surface area contributed by atoms with Gasteiger partial charge in [-0.3, -0.25) is 14.5 Å². The van der Waals surface area contributed by atoms with E-state index in [2.05, 4.69) is 16.3 Å². The molecule has 2 amide bonds. The van der Waals surface area contributed by atoms with Crippen molar-refractivity contribution >= 4 is 28.8 Å². The van der Waals surface area contributed by atoms with E-state index in [9.17, 15) is 9.59 Å². The molecule has 0 bridgehead atoms. The predicted molar refractivity (Wildman–Crippen MR) is 104 cm³/mol. The van der Waals surface area contributed by atoms with Crippen LogP contribution in [-0.4, -0.2) is 48.9 Å². The number of benzene rings is 1. The standard InChI is InChI=1S/C20H23N3O2S/c24-19(23-12-7-15-4-1-2-5-17(15)23)14-22-10-8-16(9-11-22)21-20(25)18-6-3-13-26-18/h1-6,13,16H,7-12,14H2,(H,21,25). The van der Waals surface area contributed by atoms with E-state index in [0.29, 0.717) is 6.54 Å². The van der Waals surface area contributed by atoms with Gasteiger partial charge in [0.2, 0.25) is 5.91 Å². The van der Waals surface area contributed by atoms with Crippen molar-refractivity contribution in [3.63, 3.8) is 0 Å². The molecule has 0 radical (unpaired) electrons. The van der Waals surface area contributed by atoms with Gasteiger partial charge in [0.05, 0.1) is 11.4 Å². The maximum absolute atomic E-state index is 12.7. The van der Waals surface area contributed by atoms with Crippen LogP contribution in [0.15, 0.2) is 41.8 Å². The number of fused-ring (bicyclic) bond motifs is 1. The van der Waals surface area contributed by atoms with E-state index in [-0.39, 0.29) is 17.9 Å². The van der Waals surface area contributed by atoms with Gasteiger partial charge in [0, 0.05) is 31.4 Å². The molecule has 2 aliphatic rings. The Kier molecular flexibility index (Phi) is 5.04. The van der Waals surface area contributed by atoms with Gasteiger partial charge in [-0.1, -0.05) is 24.3 Å². The van der Waals surface area contributed by atoms with Crippen molar-refractivity contribution in [1.29, 1.82) is 0 Å². The number of hydrogen-bond donors (Lipinski definition) is 1. The smallest absolute Gasteiger partial charge is 0.261 e. The van der Waals surface area contributed by atoms with Crippen LogP contribution in [-0.2, 0) is 11.2 Å². The molecule has 1 N–H and O–H groups in total. The molecule has 26 heavy (non-hydrogen) atoms. The molecule has 3 heterocycles. The molecular weight excluding hydrogens is 346 g/mol. The number of anilines is 1. The second-order valence-corrected chi connectivity index (χ2v) is 7.87. The number of carbonyl (C=O) groups is 2. The average Bonchev–Trinajstić information content (AvgIpc) is 3.33. The number of likely N-dealkylation sites (tertiary alicyclic amines) is 1. The number of nitrogens with zero attached hydrogens (tertiary/aromatic N) is 2. The van der Waals surface area contributed by atoms with Gasteiger partial charge >= 0.3 is 0 Å². The number of amides is 2. The van der Waals surface area contributed by atoms with Crippen molar-refractivity contribution in [2.45, 2.75) is 25.3 Å². The molecule has 2 aromatic rings. The molecule has 0 saturated carbocycles. The van der Waals surface area contributed by atoms with Gasteiger partial charge in [0.1, 0.15) is 0 Å². The summed E-state index contributed by atoms with van der Waals surface area (Å²) >= 11 is 1.46. The summed E-state index contributed by atoms with van der Waals surface area (Å²) in [6.45, 7) is 2.93. The zero-order valence-electron chi connectivity index (χ0n) is 14.7. The first-order valence-corrected chi connectivity index (χ1v) is 10.0. The molecule has 0 spiro atoms. The third-order valence-electron chi connectivity index (χ3n) is 5.21. The number of para-hydroxylation sites is 1. The molecule has 4 rings (SSSR count). The van der Waals surface area contributed by atoms with E-state index >= 15 is 0 Å². The van der Waals surface area contributed by atoms with Crippen molar-refractivity contribution in [1.82, 2.24) is 10.2 Å². The lowest BCUT2D eigenvalue weighted by Gasteiger charge is -2.32. The van der Waals surface area contributed by atoms with Gasteiger partial charge in [0.15, 0.2) is 0 Å². The Morgan fingerprint density at radius 1 is 1.08 bits per heavy atom. The summed E-state index contributed by atoms with van der Waals surface area (Å²) in [6, 6.07) is 12.1. The molecule has 0 atom stereocenters. The molecule has 1 saturated heterocycles. The van der Waals surface area contributed by atoms with Crippen LogP contribution in [0.2, 0.25) is 0 Å². The Hall–Kier alpha value is -2.18. The molecule has 1 aromatic carbocycles. The van der Waals surface area contributed by atoms with E-state index in [1.165, 1.54) is 16.9 Å². The lowest BCUT2D eigenvalue weighted by Crippen LogP contribution is -2.47. The summed E-state index contributed by atoms with van der Waals surface area (Å²) in [5.74, 6) is 0.194. The van der Waals surface area contributed by atoms with Crippen molar-refractivity contribution < 1.29 is 9.59 Å². The molecule has 0 unspecified atom stereocenters. The molecular formula is C20H23N3O2S. The number of hydrogen-bond acceptors (Lipinski definition) is 4. The van der Waals surface area contributed by atoms with Gasteiger partial charge in [0.25, 0.3) is 5.91 Å². The van der Waals surface area contributed by atoms with Gasteiger partial charge in [-0.2, -0.15) is 0 Å². The van der Waals surface area contributed by atoms with Gasteiger partial charge in [-0.05, 0) is 42.3 Å². The fraction of sp³-hybridized carbons (Fsp3) is 0.400. The Morgan fingerprint density at radius 2 is 1.88 bits per heavy atom. The zero-order chi connectivity index (χ0) is 17.9. The largest absolute Gasteiger partial charge is 0.349 e. The number of thiophene rings is 1. The average molecular weight is 369 g/mol. The first-order chi connectivity index (χ1) is 12.7. The highest BCUT2D eigenvalue weighted by Crippen LogP contribution is 2.27. The monoisotopic (exact) mass is 369 g/mol. The van der Waals surface area contributed by atoms with Crippen LogP contribution < -0.4 is 10.2 Å². The minimum Gasteiger partial charge on any atom is -0.349 e. The lowest BCUT2D eigenvalue weighted by molar-refractivity contribution is -0.119. The van der Waals surface area contributed by atoms with E-state index in [1.807, 2.05) is 40.6 Å². The Morgan fingerprint density at radius 3 is 2.65 bits per heavy atom. The van der Waals surface area contributed by atoms with Gasteiger partial charge in [-0.15, -0.1) is 11.3 Å². The number of nitrogens with one attached hydrogen (secondary N) is 1. The number of piperidine rings is 1. The third-order valence-corrected chi connectivity index (χ3v) is 6.08. The fourth-order valence-corrected chi connectivity index (χ4v) is 4.40. The SMILES string of the molecule is O=C(NC1CCN(CC(=O)N2CCc3ccccc32)CC1)c1cccs1. The highest BCUT2D eigenvalue weighted by atomic mass is 32.1. The Balaban J connectivity index is 1.26. The van der Waals surface area contributed by atoms with Crippen LogP contribution in [0.25, 0.3) is 0 Å². The topological polar surface area (TPSA) is 52.7 Å². The van der Waals surface area contributed by atoms with E-state index in [0.717, 1.165) is 49.5 Å². The quantitative estimate of drug-likeness (QED) is 0.901. The van der Waals surface area contributed by atoms with Crippen LogP contribution in [0.1, 0.15) is 28.1 Å². The summed E-state index contributed by atoms with van der Waals surface area (Å²) in [5, 5.41) is 5.03. The molecule has 0 aliphatic carbocycles. The normalized spacial score (nSPS) is 17.9. The molecule has 136 valence electrons. The summed E-state index contributed by atoms with van der Waals surface area (Å²) in [6.07, 6.45) is 2.72. The van der Waals surface area contributed by atoms with E-state index in [1.54, 1.807) is 0 Å². The molecule has 5 nitrogen and oxygen atoms in total. The highest BCUT2D eigenvalue weighted by Gasteiger charge is 2.27. The van der Waals surface area contributed by atoms with Crippen LogP contribution in [0, 0.1) is 0 Å². The van der Waals surface area contributed by atoms with Crippen molar-refractivity contribution in [3.8, 4) is 0 Å². The zero-order valence-corrected chi connectivity index (χ0v) is 15.5. The van der Waals surface area contributed by atoms with Gasteiger partial charge < -0.3 is 10.2 Å². The summed E-state index contributed by atoms with van der Waals surface area (Å²) in [5.41, 5.74) is 2.33. The summed E-state index contributed by atoms with van der Waals surface area (Å²) in [4.78, 5) is 29.7. The van der Waals surface area contributed by atoms with Crippen molar-refractivity contribution in [3.05, 3.63) is 52.2 Å². The number of carbonyl (C=O) groups excluding carboxylic acids is 2. The molecule has 6 heteroatoms.